The van der Waals surface area contributed by atoms with Crippen LogP contribution < -0.4 is 0 Å². The van der Waals surface area contributed by atoms with E-state index < -0.39 is 97.5 Å². The minimum Gasteiger partial charge on any atom is -0.462 e. The van der Waals surface area contributed by atoms with E-state index in [2.05, 4.69) is 34.6 Å². The number of esters is 4. The molecule has 0 fully saturated rings. The van der Waals surface area contributed by atoms with Gasteiger partial charge >= 0.3 is 39.5 Å². The zero-order valence-electron chi connectivity index (χ0n) is 61.8. The Kier molecular flexibility index (Phi) is 67.7. The molecule has 0 aliphatic carbocycles. The molecule has 0 radical (unpaired) electrons. The number of carbonyl (C=O) groups excluding carboxylic acids is 4. The largest absolute Gasteiger partial charge is 0.472 e. The van der Waals surface area contributed by atoms with Gasteiger partial charge in [0, 0.05) is 25.7 Å². The van der Waals surface area contributed by atoms with E-state index in [4.69, 9.17) is 37.0 Å². The summed E-state index contributed by atoms with van der Waals surface area (Å²) in [4.78, 5) is 72.7. The van der Waals surface area contributed by atoms with Crippen LogP contribution in [0.1, 0.15) is 401 Å². The predicted molar refractivity (Wildman–Crippen MR) is 386 cm³/mol. The van der Waals surface area contributed by atoms with Crippen LogP contribution in [0.4, 0.5) is 0 Å². The van der Waals surface area contributed by atoms with Gasteiger partial charge in [-0.15, -0.1) is 0 Å². The number of phosphoric acid groups is 2. The fraction of sp³-hybridized carbons (Fsp3) is 0.947. The van der Waals surface area contributed by atoms with Crippen molar-refractivity contribution in [1.29, 1.82) is 0 Å². The van der Waals surface area contributed by atoms with Crippen LogP contribution in [0.3, 0.4) is 0 Å². The molecule has 17 nitrogen and oxygen atoms in total. The molecule has 0 saturated heterocycles. The second kappa shape index (κ2) is 69.2. The molecule has 5 atom stereocenters. The van der Waals surface area contributed by atoms with E-state index in [1.165, 1.54) is 225 Å². The van der Waals surface area contributed by atoms with E-state index in [1.54, 1.807) is 0 Å². The first-order valence-corrected chi connectivity index (χ1v) is 42.6. The van der Waals surface area contributed by atoms with Gasteiger partial charge in [0.1, 0.15) is 19.3 Å². The Labute approximate surface area is 581 Å². The highest BCUT2D eigenvalue weighted by atomic mass is 31.2. The summed E-state index contributed by atoms with van der Waals surface area (Å²) in [6, 6.07) is 0. The Balaban J connectivity index is 5.18. The van der Waals surface area contributed by atoms with Gasteiger partial charge in [-0.3, -0.25) is 37.3 Å². The summed E-state index contributed by atoms with van der Waals surface area (Å²) in [5.41, 5.74) is 0. The third kappa shape index (κ3) is 70.3. The van der Waals surface area contributed by atoms with Crippen LogP contribution in [0.25, 0.3) is 0 Å². The van der Waals surface area contributed by atoms with Crippen LogP contribution in [0.2, 0.25) is 0 Å². The molecule has 0 aromatic carbocycles. The third-order valence-corrected chi connectivity index (χ3v) is 19.7. The Morgan fingerprint density at radius 3 is 0.716 bits per heavy atom. The number of phosphoric ester groups is 2. The minimum absolute atomic E-state index is 0.108. The molecule has 0 aliphatic heterocycles. The van der Waals surface area contributed by atoms with Crippen LogP contribution in [-0.2, 0) is 65.4 Å². The maximum Gasteiger partial charge on any atom is 0.472 e. The van der Waals surface area contributed by atoms with Crippen molar-refractivity contribution in [3.8, 4) is 0 Å². The van der Waals surface area contributed by atoms with Crippen molar-refractivity contribution in [1.82, 2.24) is 0 Å². The Bertz CT molecular complexity index is 1820. The van der Waals surface area contributed by atoms with Crippen molar-refractivity contribution >= 4 is 39.5 Å². The monoisotopic (exact) mass is 1400 g/mol. The summed E-state index contributed by atoms with van der Waals surface area (Å²) in [5.74, 6) is -1.36. The lowest BCUT2D eigenvalue weighted by Crippen LogP contribution is -2.30. The second-order valence-corrected chi connectivity index (χ2v) is 30.8. The molecule has 0 aromatic rings. The predicted octanol–water partition coefficient (Wildman–Crippen LogP) is 22.5. The number of rotatable bonds is 76. The van der Waals surface area contributed by atoms with Crippen molar-refractivity contribution in [2.24, 2.45) is 5.92 Å². The highest BCUT2D eigenvalue weighted by molar-refractivity contribution is 7.47. The van der Waals surface area contributed by atoms with E-state index in [0.717, 1.165) is 95.8 Å². The lowest BCUT2D eigenvalue weighted by Gasteiger charge is -2.21. The summed E-state index contributed by atoms with van der Waals surface area (Å²) < 4.78 is 68.5. The number of hydrogen-bond donors (Lipinski definition) is 3. The van der Waals surface area contributed by atoms with Gasteiger partial charge in [0.2, 0.25) is 0 Å². The molecule has 95 heavy (non-hydrogen) atoms. The molecular weight excluding hydrogens is 1250 g/mol. The van der Waals surface area contributed by atoms with Gasteiger partial charge in [0.15, 0.2) is 12.2 Å². The number of hydrogen-bond acceptors (Lipinski definition) is 15. The molecule has 0 bridgehead atoms. The molecule has 2 unspecified atom stereocenters. The highest BCUT2D eigenvalue weighted by Crippen LogP contribution is 2.45. The molecule has 0 saturated carbocycles. The number of unbranched alkanes of at least 4 members (excludes halogenated alkanes) is 48. The highest BCUT2D eigenvalue weighted by Gasteiger charge is 2.30. The summed E-state index contributed by atoms with van der Waals surface area (Å²) in [5, 5.41) is 10.6. The van der Waals surface area contributed by atoms with Gasteiger partial charge in [0.25, 0.3) is 0 Å². The number of carbonyl (C=O) groups is 4. The van der Waals surface area contributed by atoms with Crippen LogP contribution in [0.15, 0.2) is 0 Å². The Hall–Kier alpha value is -1.94. The molecule has 0 aliphatic rings. The molecular formula is C76H148O17P2. The number of aliphatic hydroxyl groups is 1. The maximum atomic E-state index is 13.1. The lowest BCUT2D eigenvalue weighted by molar-refractivity contribution is -0.161. The molecule has 0 rings (SSSR count). The number of ether oxygens (including phenoxy) is 4. The first-order chi connectivity index (χ1) is 46.0. The quantitative estimate of drug-likeness (QED) is 0.0222. The van der Waals surface area contributed by atoms with E-state index in [-0.39, 0.29) is 25.7 Å². The van der Waals surface area contributed by atoms with Gasteiger partial charge in [-0.25, -0.2) is 9.13 Å². The molecule has 19 heteroatoms. The van der Waals surface area contributed by atoms with Crippen molar-refractivity contribution in [3.05, 3.63) is 0 Å². The SMILES string of the molecule is CCCCCCCCCCCCCCCCCCCCCCCC(=O)O[C@H](COC(=O)CCCCCCCCCCCCC(C)C)COP(=O)(O)OC[C@@H](O)COP(=O)(O)OC[C@@H](COC(=O)CCCCCCCCCCC)OC(=O)CCCCCCCCCCCCCC. The lowest BCUT2D eigenvalue weighted by atomic mass is 10.0. The Morgan fingerprint density at radius 1 is 0.284 bits per heavy atom. The smallest absolute Gasteiger partial charge is 0.462 e. The van der Waals surface area contributed by atoms with Gasteiger partial charge in [0.05, 0.1) is 26.4 Å². The molecule has 3 N–H and O–H groups in total. The summed E-state index contributed by atoms with van der Waals surface area (Å²) >= 11 is 0. The first-order valence-electron chi connectivity index (χ1n) is 39.6. The Morgan fingerprint density at radius 2 is 0.484 bits per heavy atom. The molecule has 0 spiro atoms. The zero-order chi connectivity index (χ0) is 69.8. The topological polar surface area (TPSA) is 237 Å². The third-order valence-electron chi connectivity index (χ3n) is 17.8. The molecule has 0 aromatic heterocycles. The second-order valence-electron chi connectivity index (χ2n) is 27.9. The van der Waals surface area contributed by atoms with Crippen LogP contribution in [0, 0.1) is 5.92 Å². The van der Waals surface area contributed by atoms with E-state index >= 15 is 0 Å². The molecule has 564 valence electrons. The van der Waals surface area contributed by atoms with Crippen molar-refractivity contribution in [2.45, 2.75) is 419 Å². The standard InChI is InChI=1S/C76H148O17P2/c1-6-9-12-15-18-21-23-25-26-27-28-29-30-31-32-33-35-42-47-52-57-62-76(81)93-72(66-87-74(79)60-55-50-45-40-37-36-39-43-48-53-58-69(4)5)68-91-95(84,85)89-64-70(77)63-88-94(82,83)90-67-71(65-86-73(78)59-54-49-44-38-20-17-14-11-8-3)92-75(80)61-56-51-46-41-34-24-22-19-16-13-10-7-2/h69-72,77H,6-68H2,1-5H3,(H,82,83)(H,84,85)/t70-,71+,72+/m0/s1. The average Bonchev–Trinajstić information content (AvgIpc) is 1.44. The first kappa shape index (κ1) is 93.1. The minimum atomic E-state index is -4.96. The van der Waals surface area contributed by atoms with Gasteiger partial charge in [-0.2, -0.15) is 0 Å². The summed E-state index contributed by atoms with van der Waals surface area (Å²) in [7, 11) is -9.91. The molecule has 0 heterocycles. The summed E-state index contributed by atoms with van der Waals surface area (Å²) in [6.07, 6.45) is 58.3. The van der Waals surface area contributed by atoms with E-state index in [9.17, 15) is 43.2 Å². The van der Waals surface area contributed by atoms with E-state index in [1.807, 2.05) is 0 Å². The van der Waals surface area contributed by atoms with Gasteiger partial charge in [-0.1, -0.05) is 349 Å². The van der Waals surface area contributed by atoms with Crippen LogP contribution >= 0.6 is 15.6 Å². The van der Waals surface area contributed by atoms with Gasteiger partial charge < -0.3 is 33.8 Å². The molecule has 0 amide bonds. The zero-order valence-corrected chi connectivity index (χ0v) is 63.6. The van der Waals surface area contributed by atoms with Gasteiger partial charge in [-0.05, 0) is 31.6 Å². The van der Waals surface area contributed by atoms with E-state index in [0.29, 0.717) is 25.7 Å². The maximum absolute atomic E-state index is 13.1. The average molecular weight is 1400 g/mol. The summed E-state index contributed by atoms with van der Waals surface area (Å²) in [6.45, 7) is 7.27. The van der Waals surface area contributed by atoms with Crippen LogP contribution in [-0.4, -0.2) is 96.7 Å². The van der Waals surface area contributed by atoms with Crippen molar-refractivity contribution < 1.29 is 80.2 Å². The van der Waals surface area contributed by atoms with Crippen molar-refractivity contribution in [2.75, 3.05) is 39.6 Å². The van der Waals surface area contributed by atoms with Crippen molar-refractivity contribution in [3.63, 3.8) is 0 Å². The fourth-order valence-electron chi connectivity index (χ4n) is 11.7. The number of aliphatic hydroxyl groups excluding tert-OH is 1. The normalized spacial score (nSPS) is 13.9. The van der Waals surface area contributed by atoms with Crippen LogP contribution in [0.5, 0.6) is 0 Å². The fourth-order valence-corrected chi connectivity index (χ4v) is 13.3.